The third-order valence-corrected chi connectivity index (χ3v) is 2.77. The number of aryl methyl sites for hydroxylation is 1. The molecule has 2 aromatic rings. The normalized spacial score (nSPS) is 11.7. The van der Waals surface area contributed by atoms with E-state index in [-0.39, 0.29) is 22.1 Å². The molecule has 20 heavy (non-hydrogen) atoms. The van der Waals surface area contributed by atoms with E-state index in [0.717, 1.165) is 10.9 Å². The molecule has 0 spiro atoms. The van der Waals surface area contributed by atoms with Crippen LogP contribution in [-0.4, -0.2) is 25.8 Å². The molecule has 2 rings (SSSR count). The minimum atomic E-state index is -4.55. The summed E-state index contributed by atoms with van der Waals surface area (Å²) in [6.07, 6.45) is -2.81. The van der Waals surface area contributed by atoms with Gasteiger partial charge in [0.2, 0.25) is 0 Å². The predicted molar refractivity (Wildman–Crippen MR) is 63.1 cm³/mol. The summed E-state index contributed by atoms with van der Waals surface area (Å²) in [4.78, 5) is 14.5. The fourth-order valence-electron chi connectivity index (χ4n) is 1.53. The zero-order chi connectivity index (χ0) is 15.1. The molecule has 5 nitrogen and oxygen atoms in total. The quantitative estimate of drug-likeness (QED) is 0.926. The monoisotopic (exact) mass is 305 g/mol. The van der Waals surface area contributed by atoms with Gasteiger partial charge >= 0.3 is 12.1 Å². The van der Waals surface area contributed by atoms with Crippen LogP contribution in [0.1, 0.15) is 21.6 Å². The summed E-state index contributed by atoms with van der Waals surface area (Å²) in [6, 6.07) is 0.710. The smallest absolute Gasteiger partial charge is 0.417 e. The van der Waals surface area contributed by atoms with Crippen molar-refractivity contribution in [2.75, 3.05) is 0 Å². The van der Waals surface area contributed by atoms with Crippen molar-refractivity contribution in [2.24, 2.45) is 0 Å². The number of pyridine rings is 1. The van der Waals surface area contributed by atoms with Gasteiger partial charge in [-0.3, -0.25) is 0 Å². The Morgan fingerprint density at radius 3 is 2.55 bits per heavy atom. The molecule has 0 amide bonds. The maximum absolute atomic E-state index is 12.5. The number of halogens is 4. The lowest BCUT2D eigenvalue weighted by Gasteiger charge is -2.08. The molecule has 2 heterocycles. The molecule has 0 bridgehead atoms. The highest BCUT2D eigenvalue weighted by atomic mass is 35.5. The maximum atomic E-state index is 12.5. The van der Waals surface area contributed by atoms with Crippen molar-refractivity contribution in [3.63, 3.8) is 0 Å². The summed E-state index contributed by atoms with van der Waals surface area (Å²) in [7, 11) is 0. The summed E-state index contributed by atoms with van der Waals surface area (Å²) in [5.74, 6) is -1.27. The Kier molecular flexibility index (Phi) is 3.43. The zero-order valence-electron chi connectivity index (χ0n) is 9.94. The number of nitrogens with zero attached hydrogens (tertiary/aromatic N) is 3. The number of aromatic nitrogens is 3. The fourth-order valence-corrected chi connectivity index (χ4v) is 1.79. The molecular weight excluding hydrogens is 299 g/mol. The number of alkyl halides is 3. The van der Waals surface area contributed by atoms with Crippen LogP contribution in [0.2, 0.25) is 5.02 Å². The van der Waals surface area contributed by atoms with Gasteiger partial charge in [-0.25, -0.2) is 14.5 Å². The second-order valence-electron chi connectivity index (χ2n) is 3.91. The summed E-state index contributed by atoms with van der Waals surface area (Å²) < 4.78 is 38.5. The molecule has 0 aromatic carbocycles. The van der Waals surface area contributed by atoms with Gasteiger partial charge in [0, 0.05) is 12.4 Å². The van der Waals surface area contributed by atoms with Crippen molar-refractivity contribution in [1.82, 2.24) is 14.8 Å². The van der Waals surface area contributed by atoms with Gasteiger partial charge in [-0.15, -0.1) is 0 Å². The van der Waals surface area contributed by atoms with Crippen LogP contribution < -0.4 is 0 Å². The standard InChI is InChI=1S/C11H7ClF3N3O2/c1-5-7(10(19)20)4-18(17-5)9-8(12)2-6(3-16-9)11(13,14)15/h2-4H,1H3,(H,19,20). The third kappa shape index (κ3) is 2.60. The zero-order valence-corrected chi connectivity index (χ0v) is 10.7. The Bertz CT molecular complexity index is 682. The molecule has 0 radical (unpaired) electrons. The summed E-state index contributed by atoms with van der Waals surface area (Å²) in [6.45, 7) is 1.46. The van der Waals surface area contributed by atoms with E-state index in [9.17, 15) is 18.0 Å². The molecule has 0 unspecified atom stereocenters. The molecular formula is C11H7ClF3N3O2. The molecule has 106 valence electrons. The summed E-state index contributed by atoms with van der Waals surface area (Å²) >= 11 is 5.74. The Labute approximate surface area is 115 Å². The number of carbonyl (C=O) groups is 1. The highest BCUT2D eigenvalue weighted by Crippen LogP contribution is 2.31. The third-order valence-electron chi connectivity index (χ3n) is 2.50. The summed E-state index contributed by atoms with van der Waals surface area (Å²) in [5, 5.41) is 12.5. The molecule has 9 heteroatoms. The lowest BCUT2D eigenvalue weighted by atomic mass is 10.2. The molecule has 0 aliphatic heterocycles. The highest BCUT2D eigenvalue weighted by molar-refractivity contribution is 6.32. The van der Waals surface area contributed by atoms with Crippen LogP contribution in [0.25, 0.3) is 5.82 Å². The fraction of sp³-hybridized carbons (Fsp3) is 0.182. The first-order valence-corrected chi connectivity index (χ1v) is 5.60. The van der Waals surface area contributed by atoms with Crippen LogP contribution in [0.4, 0.5) is 13.2 Å². The number of aromatic carboxylic acids is 1. The van der Waals surface area contributed by atoms with Crippen LogP contribution in [0, 0.1) is 6.92 Å². The first-order valence-electron chi connectivity index (χ1n) is 5.23. The Hall–Kier alpha value is -2.09. The number of carboxylic acids is 1. The second kappa shape index (κ2) is 4.78. The van der Waals surface area contributed by atoms with E-state index in [2.05, 4.69) is 10.1 Å². The van der Waals surface area contributed by atoms with Crippen molar-refractivity contribution >= 4 is 17.6 Å². The lowest BCUT2D eigenvalue weighted by Crippen LogP contribution is -2.08. The van der Waals surface area contributed by atoms with Crippen LogP contribution in [0.15, 0.2) is 18.5 Å². The van der Waals surface area contributed by atoms with Crippen molar-refractivity contribution in [1.29, 1.82) is 0 Å². The largest absolute Gasteiger partial charge is 0.478 e. The number of carboxylic acid groups (broad SMARTS) is 1. The number of rotatable bonds is 2. The first kappa shape index (κ1) is 14.3. The van der Waals surface area contributed by atoms with Gasteiger partial charge in [0.15, 0.2) is 5.82 Å². The van der Waals surface area contributed by atoms with E-state index in [1.807, 2.05) is 0 Å². The van der Waals surface area contributed by atoms with Crippen LogP contribution in [0.3, 0.4) is 0 Å². The molecule has 0 saturated heterocycles. The van der Waals surface area contributed by atoms with Crippen molar-refractivity contribution in [3.8, 4) is 5.82 Å². The lowest BCUT2D eigenvalue weighted by molar-refractivity contribution is -0.137. The Morgan fingerprint density at radius 1 is 1.45 bits per heavy atom. The van der Waals surface area contributed by atoms with Crippen molar-refractivity contribution in [3.05, 3.63) is 40.3 Å². The van der Waals surface area contributed by atoms with Gasteiger partial charge < -0.3 is 5.11 Å². The van der Waals surface area contributed by atoms with Crippen LogP contribution in [-0.2, 0) is 6.18 Å². The summed E-state index contributed by atoms with van der Waals surface area (Å²) in [5.41, 5.74) is -0.869. The second-order valence-corrected chi connectivity index (χ2v) is 4.31. The van der Waals surface area contributed by atoms with Gasteiger partial charge in [0.1, 0.15) is 5.56 Å². The first-order chi connectivity index (χ1) is 9.20. The minimum Gasteiger partial charge on any atom is -0.478 e. The molecule has 1 N–H and O–H groups in total. The van der Waals surface area contributed by atoms with Crippen LogP contribution in [0.5, 0.6) is 0 Å². The van der Waals surface area contributed by atoms with Gasteiger partial charge in [0.25, 0.3) is 0 Å². The predicted octanol–water partition coefficient (Wildman–Crippen LogP) is 2.95. The molecule has 0 aliphatic rings. The van der Waals surface area contributed by atoms with E-state index in [0.29, 0.717) is 12.3 Å². The van der Waals surface area contributed by atoms with Crippen LogP contribution >= 0.6 is 11.6 Å². The van der Waals surface area contributed by atoms with E-state index in [1.165, 1.54) is 6.92 Å². The van der Waals surface area contributed by atoms with E-state index >= 15 is 0 Å². The van der Waals surface area contributed by atoms with E-state index in [1.54, 1.807) is 0 Å². The van der Waals surface area contributed by atoms with E-state index in [4.69, 9.17) is 16.7 Å². The Balaban J connectivity index is 2.49. The number of hydrogen-bond donors (Lipinski definition) is 1. The molecule has 0 saturated carbocycles. The molecule has 0 fully saturated rings. The van der Waals surface area contributed by atoms with Gasteiger partial charge in [0.05, 0.1) is 16.3 Å². The SMILES string of the molecule is Cc1nn(-c2ncc(C(F)(F)F)cc2Cl)cc1C(=O)O. The van der Waals surface area contributed by atoms with Gasteiger partial charge in [-0.2, -0.15) is 18.3 Å². The highest BCUT2D eigenvalue weighted by Gasteiger charge is 2.31. The molecule has 0 aliphatic carbocycles. The van der Waals surface area contributed by atoms with Gasteiger partial charge in [-0.1, -0.05) is 11.6 Å². The van der Waals surface area contributed by atoms with Crippen molar-refractivity contribution in [2.45, 2.75) is 13.1 Å². The minimum absolute atomic E-state index is 0.0738. The molecule has 0 atom stereocenters. The average Bonchev–Trinajstić information content (AvgIpc) is 2.69. The maximum Gasteiger partial charge on any atom is 0.417 e. The number of hydrogen-bond acceptors (Lipinski definition) is 3. The topological polar surface area (TPSA) is 68.0 Å². The Morgan fingerprint density at radius 2 is 2.10 bits per heavy atom. The average molecular weight is 306 g/mol. The molecule has 2 aromatic heterocycles. The van der Waals surface area contributed by atoms with Crippen molar-refractivity contribution < 1.29 is 23.1 Å². The van der Waals surface area contributed by atoms with Gasteiger partial charge in [-0.05, 0) is 13.0 Å². The van der Waals surface area contributed by atoms with E-state index < -0.39 is 17.7 Å².